The molecule has 0 saturated heterocycles. The van der Waals surface area contributed by atoms with Crippen LogP contribution in [0.1, 0.15) is 26.5 Å². The fourth-order valence-corrected chi connectivity index (χ4v) is 2.55. The van der Waals surface area contributed by atoms with Crippen molar-refractivity contribution >= 4 is 34.0 Å². The molecule has 0 aliphatic carbocycles. The molecule has 1 aromatic carbocycles. The van der Waals surface area contributed by atoms with E-state index in [1.165, 1.54) is 23.5 Å². The average Bonchev–Trinajstić information content (AvgIpc) is 2.93. The molecule has 1 heterocycles. The van der Waals surface area contributed by atoms with Gasteiger partial charge in [-0.3, -0.25) is 9.59 Å². The molecule has 0 bridgehead atoms. The molecule has 2 rings (SSSR count). The number of halogens is 3. The average molecular weight is 401 g/mol. The van der Waals surface area contributed by atoms with Gasteiger partial charge in [-0.2, -0.15) is 0 Å². The number of nitrogens with zero attached hydrogens (tertiary/aromatic N) is 1. The van der Waals surface area contributed by atoms with E-state index in [4.69, 9.17) is 0 Å². The van der Waals surface area contributed by atoms with Gasteiger partial charge in [-0.25, -0.2) is 4.98 Å². The summed E-state index contributed by atoms with van der Waals surface area (Å²) in [6, 6.07) is 4.81. The summed E-state index contributed by atoms with van der Waals surface area (Å²) in [5.41, 5.74) is 0.232. The fourth-order valence-electron chi connectivity index (χ4n) is 1.84. The maximum atomic E-state index is 12.1. The Morgan fingerprint density at radius 1 is 1.11 bits per heavy atom. The number of nitrogens with one attached hydrogen (secondary N) is 2. The molecule has 0 atom stereocenters. The van der Waals surface area contributed by atoms with E-state index in [-0.39, 0.29) is 18.1 Å². The van der Waals surface area contributed by atoms with Crippen molar-refractivity contribution in [3.63, 3.8) is 0 Å². The van der Waals surface area contributed by atoms with Crippen LogP contribution in [-0.4, -0.2) is 23.2 Å². The number of amides is 2. The fraction of sp³-hybridized carbons (Fsp3) is 0.353. The van der Waals surface area contributed by atoms with Crippen LogP contribution < -0.4 is 15.4 Å². The number of alkyl halides is 3. The Morgan fingerprint density at radius 3 is 2.30 bits per heavy atom. The summed E-state index contributed by atoms with van der Waals surface area (Å²) in [7, 11) is 0. The number of carbonyl (C=O) groups is 2. The SMILES string of the molecule is CC(C)(C)C(=O)Nc1nc(CC(=O)Nc2ccc(OC(F)(F)F)cc2)cs1. The lowest BCUT2D eigenvalue weighted by Crippen LogP contribution is -2.27. The van der Waals surface area contributed by atoms with Crippen molar-refractivity contribution in [2.45, 2.75) is 33.6 Å². The van der Waals surface area contributed by atoms with Crippen LogP contribution in [0.5, 0.6) is 5.75 Å². The molecule has 27 heavy (non-hydrogen) atoms. The summed E-state index contributed by atoms with van der Waals surface area (Å²) in [6.07, 6.45) is -4.81. The van der Waals surface area contributed by atoms with Gasteiger partial charge in [0, 0.05) is 16.5 Å². The highest BCUT2D eigenvalue weighted by Gasteiger charge is 2.31. The highest BCUT2D eigenvalue weighted by Crippen LogP contribution is 2.24. The minimum absolute atomic E-state index is 0.0390. The molecule has 0 aliphatic rings. The van der Waals surface area contributed by atoms with Gasteiger partial charge in [0.1, 0.15) is 5.75 Å². The molecule has 146 valence electrons. The monoisotopic (exact) mass is 401 g/mol. The van der Waals surface area contributed by atoms with Gasteiger partial charge >= 0.3 is 6.36 Å². The number of hydrogen-bond donors (Lipinski definition) is 2. The predicted molar refractivity (Wildman–Crippen MR) is 95.7 cm³/mol. The Labute approximate surface area is 157 Å². The number of anilines is 2. The van der Waals surface area contributed by atoms with Gasteiger partial charge in [0.2, 0.25) is 11.8 Å². The van der Waals surface area contributed by atoms with Gasteiger partial charge < -0.3 is 15.4 Å². The van der Waals surface area contributed by atoms with E-state index < -0.39 is 17.7 Å². The number of benzene rings is 1. The van der Waals surface area contributed by atoms with E-state index >= 15 is 0 Å². The molecular formula is C17H18F3N3O3S. The molecular weight excluding hydrogens is 383 g/mol. The zero-order valence-electron chi connectivity index (χ0n) is 14.8. The molecule has 0 radical (unpaired) electrons. The highest BCUT2D eigenvalue weighted by atomic mass is 32.1. The van der Waals surface area contributed by atoms with Gasteiger partial charge in [-0.1, -0.05) is 20.8 Å². The van der Waals surface area contributed by atoms with Crippen LogP contribution in [0.25, 0.3) is 0 Å². The Balaban J connectivity index is 1.90. The van der Waals surface area contributed by atoms with Gasteiger partial charge in [-0.05, 0) is 24.3 Å². The Kier molecular flexibility index (Phi) is 6.09. The van der Waals surface area contributed by atoms with E-state index in [1.807, 2.05) is 0 Å². The zero-order chi connectivity index (χ0) is 20.2. The van der Waals surface area contributed by atoms with Crippen molar-refractivity contribution in [2.24, 2.45) is 5.41 Å². The van der Waals surface area contributed by atoms with Crippen molar-refractivity contribution in [1.82, 2.24) is 4.98 Å². The first-order valence-electron chi connectivity index (χ1n) is 7.84. The zero-order valence-corrected chi connectivity index (χ0v) is 15.6. The molecule has 6 nitrogen and oxygen atoms in total. The summed E-state index contributed by atoms with van der Waals surface area (Å²) in [4.78, 5) is 28.1. The van der Waals surface area contributed by atoms with Gasteiger partial charge in [-0.15, -0.1) is 24.5 Å². The first-order valence-corrected chi connectivity index (χ1v) is 8.72. The van der Waals surface area contributed by atoms with Crippen LogP contribution in [0.4, 0.5) is 24.0 Å². The summed E-state index contributed by atoms with van der Waals surface area (Å²) >= 11 is 1.20. The van der Waals surface area contributed by atoms with Crippen LogP contribution >= 0.6 is 11.3 Å². The first kappa shape index (κ1) is 20.7. The third-order valence-electron chi connectivity index (χ3n) is 3.17. The number of aromatic nitrogens is 1. The van der Waals surface area contributed by atoms with E-state index in [2.05, 4.69) is 20.4 Å². The van der Waals surface area contributed by atoms with Crippen LogP contribution in [0, 0.1) is 5.41 Å². The topological polar surface area (TPSA) is 80.3 Å². The summed E-state index contributed by atoms with van der Waals surface area (Å²) in [5.74, 6) is -0.952. The number of rotatable bonds is 5. The van der Waals surface area contributed by atoms with Crippen molar-refractivity contribution < 1.29 is 27.5 Å². The molecule has 2 N–H and O–H groups in total. The molecule has 1 aromatic heterocycles. The molecule has 0 aliphatic heterocycles. The third-order valence-corrected chi connectivity index (χ3v) is 3.97. The van der Waals surface area contributed by atoms with Gasteiger partial charge in [0.05, 0.1) is 12.1 Å². The van der Waals surface area contributed by atoms with Gasteiger partial charge in [0.25, 0.3) is 0 Å². The van der Waals surface area contributed by atoms with Gasteiger partial charge in [0.15, 0.2) is 5.13 Å². The van der Waals surface area contributed by atoms with Crippen molar-refractivity contribution in [3.8, 4) is 5.75 Å². The van der Waals surface area contributed by atoms with Crippen molar-refractivity contribution in [3.05, 3.63) is 35.3 Å². The lowest BCUT2D eigenvalue weighted by atomic mass is 9.96. The second-order valence-corrected chi connectivity index (χ2v) is 7.50. The Hall–Kier alpha value is -2.62. The number of ether oxygens (including phenoxy) is 1. The number of carbonyl (C=O) groups excluding carboxylic acids is 2. The summed E-state index contributed by atoms with van der Waals surface area (Å²) < 4.78 is 40.1. The van der Waals surface area contributed by atoms with Crippen LogP contribution in [0.2, 0.25) is 0 Å². The van der Waals surface area contributed by atoms with E-state index in [1.54, 1.807) is 26.2 Å². The van der Waals surface area contributed by atoms with E-state index in [0.717, 1.165) is 12.1 Å². The molecule has 0 fully saturated rings. The number of hydrogen-bond acceptors (Lipinski definition) is 5. The minimum atomic E-state index is -4.77. The standard InChI is InChI=1S/C17H18F3N3O3S/c1-16(2,3)14(25)23-15-22-11(9-27-15)8-13(24)21-10-4-6-12(7-5-10)26-17(18,19)20/h4-7,9H,8H2,1-3H3,(H,21,24)(H,22,23,25). The molecule has 0 spiro atoms. The van der Waals surface area contributed by atoms with Crippen LogP contribution in [0.15, 0.2) is 29.6 Å². The quantitative estimate of drug-likeness (QED) is 0.787. The maximum Gasteiger partial charge on any atom is 0.573 e. The molecule has 2 amide bonds. The number of thiazole rings is 1. The molecule has 2 aromatic rings. The predicted octanol–water partition coefficient (Wildman–Crippen LogP) is 4.21. The second kappa shape index (κ2) is 7.95. The van der Waals surface area contributed by atoms with Crippen molar-refractivity contribution in [2.75, 3.05) is 10.6 Å². The van der Waals surface area contributed by atoms with Crippen LogP contribution in [-0.2, 0) is 16.0 Å². The first-order chi connectivity index (χ1) is 12.4. The second-order valence-electron chi connectivity index (χ2n) is 6.65. The lowest BCUT2D eigenvalue weighted by Gasteiger charge is -2.15. The summed E-state index contributed by atoms with van der Waals surface area (Å²) in [6.45, 7) is 5.32. The maximum absolute atomic E-state index is 12.1. The Morgan fingerprint density at radius 2 is 1.74 bits per heavy atom. The largest absolute Gasteiger partial charge is 0.573 e. The smallest absolute Gasteiger partial charge is 0.406 e. The lowest BCUT2D eigenvalue weighted by molar-refractivity contribution is -0.274. The van der Waals surface area contributed by atoms with Crippen LogP contribution in [0.3, 0.4) is 0 Å². The minimum Gasteiger partial charge on any atom is -0.406 e. The van der Waals surface area contributed by atoms with E-state index in [0.29, 0.717) is 16.5 Å². The highest BCUT2D eigenvalue weighted by molar-refractivity contribution is 7.13. The normalized spacial score (nSPS) is 11.8. The Bertz CT molecular complexity index is 811. The van der Waals surface area contributed by atoms with E-state index in [9.17, 15) is 22.8 Å². The molecule has 0 unspecified atom stereocenters. The van der Waals surface area contributed by atoms with Crippen molar-refractivity contribution in [1.29, 1.82) is 0 Å². The molecule has 0 saturated carbocycles. The third kappa shape index (κ3) is 6.89. The summed E-state index contributed by atoms with van der Waals surface area (Å²) in [5, 5.41) is 7.28. The molecule has 10 heteroatoms.